The summed E-state index contributed by atoms with van der Waals surface area (Å²) >= 11 is 0. The van der Waals surface area contributed by atoms with Gasteiger partial charge in [-0.2, -0.15) is 0 Å². The largest absolute Gasteiger partial charge is 0.461 e. The molecule has 0 fully saturated rings. The van der Waals surface area contributed by atoms with Gasteiger partial charge in [-0.3, -0.25) is 0 Å². The maximum atomic E-state index is 11.2. The van der Waals surface area contributed by atoms with Crippen LogP contribution in [0, 0.1) is 0 Å². The lowest BCUT2D eigenvalue weighted by atomic mass is 10.2. The Morgan fingerprint density at radius 3 is 2.85 bits per heavy atom. The van der Waals surface area contributed by atoms with Crippen molar-refractivity contribution in [2.24, 2.45) is 0 Å². The topological polar surface area (TPSA) is 39.2 Å². The summed E-state index contributed by atoms with van der Waals surface area (Å²) < 4.78 is 4.83. The molecule has 0 radical (unpaired) electrons. The fourth-order valence-corrected chi connectivity index (χ4v) is 0.995. The Morgan fingerprint density at radius 2 is 2.23 bits per heavy atom. The van der Waals surface area contributed by atoms with Crippen molar-refractivity contribution in [3.8, 4) is 0 Å². The molecule has 1 rings (SSSR count). The Labute approximate surface area is 77.8 Å². The summed E-state index contributed by atoms with van der Waals surface area (Å²) in [6.07, 6.45) is 0.827. The van der Waals surface area contributed by atoms with Crippen LogP contribution in [0.5, 0.6) is 0 Å². The number of aromatic nitrogens is 1. The van der Waals surface area contributed by atoms with Crippen molar-refractivity contribution in [3.63, 3.8) is 0 Å². The van der Waals surface area contributed by atoms with Crippen molar-refractivity contribution >= 4 is 5.97 Å². The van der Waals surface area contributed by atoms with E-state index in [-0.39, 0.29) is 5.97 Å². The average molecular weight is 179 g/mol. The van der Waals surface area contributed by atoms with Gasteiger partial charge in [0.25, 0.3) is 0 Å². The highest BCUT2D eigenvalue weighted by atomic mass is 16.5. The molecule has 3 nitrogen and oxygen atoms in total. The zero-order chi connectivity index (χ0) is 9.68. The summed E-state index contributed by atoms with van der Waals surface area (Å²) in [7, 11) is 0. The highest BCUT2D eigenvalue weighted by Gasteiger charge is 2.07. The minimum absolute atomic E-state index is 0.349. The van der Waals surface area contributed by atoms with Gasteiger partial charge in [-0.1, -0.05) is 13.0 Å². The van der Waals surface area contributed by atoms with Crippen LogP contribution in [0.3, 0.4) is 0 Å². The lowest BCUT2D eigenvalue weighted by Gasteiger charge is -2.01. The molecule has 3 heteroatoms. The van der Waals surface area contributed by atoms with Crippen LogP contribution in [0.4, 0.5) is 0 Å². The number of carbonyl (C=O) groups excluding carboxylic acids is 1. The van der Waals surface area contributed by atoms with Gasteiger partial charge in [-0.05, 0) is 25.5 Å². The molecule has 1 aromatic rings. The van der Waals surface area contributed by atoms with Crippen LogP contribution < -0.4 is 0 Å². The molecule has 0 saturated carbocycles. The molecule has 1 aromatic heterocycles. The van der Waals surface area contributed by atoms with Crippen LogP contribution >= 0.6 is 0 Å². The van der Waals surface area contributed by atoms with E-state index in [1.165, 1.54) is 0 Å². The molecule has 0 N–H and O–H groups in total. The Kier molecular flexibility index (Phi) is 3.43. The van der Waals surface area contributed by atoms with Crippen LogP contribution in [0.2, 0.25) is 0 Å². The molecule has 0 bridgehead atoms. The Bertz CT molecular complexity index is 297. The van der Waals surface area contributed by atoms with Crippen LogP contribution in [-0.4, -0.2) is 17.6 Å². The van der Waals surface area contributed by atoms with E-state index >= 15 is 0 Å². The maximum Gasteiger partial charge on any atom is 0.356 e. The van der Waals surface area contributed by atoms with Gasteiger partial charge in [0.05, 0.1) is 6.61 Å². The second-order valence-electron chi connectivity index (χ2n) is 2.59. The zero-order valence-corrected chi connectivity index (χ0v) is 7.91. The predicted octanol–water partition coefficient (Wildman–Crippen LogP) is 1.82. The smallest absolute Gasteiger partial charge is 0.356 e. The number of pyridine rings is 1. The Balaban J connectivity index is 2.82. The third kappa shape index (κ3) is 2.54. The van der Waals surface area contributed by atoms with Gasteiger partial charge in [-0.25, -0.2) is 9.78 Å². The highest BCUT2D eigenvalue weighted by Crippen LogP contribution is 2.01. The number of hydrogen-bond acceptors (Lipinski definition) is 3. The minimum atomic E-state index is -0.349. The summed E-state index contributed by atoms with van der Waals surface area (Å²) in [6.45, 7) is 4.16. The van der Waals surface area contributed by atoms with Crippen molar-refractivity contribution in [3.05, 3.63) is 29.6 Å². The summed E-state index contributed by atoms with van der Waals surface area (Å²) in [5, 5.41) is 0. The normalized spacial score (nSPS) is 9.69. The molecule has 0 aliphatic carbocycles. The van der Waals surface area contributed by atoms with Crippen molar-refractivity contribution < 1.29 is 9.53 Å². The SMILES string of the molecule is CCOC(=O)c1cccc(CC)n1. The van der Waals surface area contributed by atoms with E-state index in [1.54, 1.807) is 13.0 Å². The molecule has 0 amide bonds. The van der Waals surface area contributed by atoms with Crippen molar-refractivity contribution in [2.45, 2.75) is 20.3 Å². The van der Waals surface area contributed by atoms with Gasteiger partial charge in [0.1, 0.15) is 5.69 Å². The second-order valence-corrected chi connectivity index (χ2v) is 2.59. The first-order valence-corrected chi connectivity index (χ1v) is 4.41. The van der Waals surface area contributed by atoms with E-state index < -0.39 is 0 Å². The molecular formula is C10H13NO2. The molecule has 0 aliphatic heterocycles. The number of carbonyl (C=O) groups is 1. The number of nitrogens with zero attached hydrogens (tertiary/aromatic N) is 1. The number of hydrogen-bond donors (Lipinski definition) is 0. The molecule has 1 heterocycles. The van der Waals surface area contributed by atoms with E-state index in [0.29, 0.717) is 12.3 Å². The van der Waals surface area contributed by atoms with Gasteiger partial charge in [0.2, 0.25) is 0 Å². The fraction of sp³-hybridized carbons (Fsp3) is 0.400. The van der Waals surface area contributed by atoms with Crippen molar-refractivity contribution in [2.75, 3.05) is 6.61 Å². The lowest BCUT2D eigenvalue weighted by Crippen LogP contribution is -2.07. The Hall–Kier alpha value is -1.38. The minimum Gasteiger partial charge on any atom is -0.461 e. The third-order valence-electron chi connectivity index (χ3n) is 1.65. The molecule has 0 unspecified atom stereocenters. The predicted molar refractivity (Wildman–Crippen MR) is 49.6 cm³/mol. The molecule has 0 aliphatic rings. The zero-order valence-electron chi connectivity index (χ0n) is 7.91. The van der Waals surface area contributed by atoms with E-state index in [9.17, 15) is 4.79 Å². The molecular weight excluding hydrogens is 166 g/mol. The van der Waals surface area contributed by atoms with Crippen LogP contribution in [0.25, 0.3) is 0 Å². The van der Waals surface area contributed by atoms with E-state index in [4.69, 9.17) is 4.74 Å². The monoisotopic (exact) mass is 179 g/mol. The quantitative estimate of drug-likeness (QED) is 0.664. The summed E-state index contributed by atoms with van der Waals surface area (Å²) in [6, 6.07) is 5.37. The number of esters is 1. The van der Waals surface area contributed by atoms with Crippen molar-refractivity contribution in [1.82, 2.24) is 4.98 Å². The van der Waals surface area contributed by atoms with Crippen LogP contribution in [-0.2, 0) is 11.2 Å². The van der Waals surface area contributed by atoms with Crippen LogP contribution in [0.1, 0.15) is 30.0 Å². The van der Waals surface area contributed by atoms with Gasteiger partial charge in [0.15, 0.2) is 0 Å². The molecule has 0 atom stereocenters. The van der Waals surface area contributed by atoms with E-state index in [2.05, 4.69) is 4.98 Å². The highest BCUT2D eigenvalue weighted by molar-refractivity contribution is 5.87. The van der Waals surface area contributed by atoms with Gasteiger partial charge < -0.3 is 4.74 Å². The second kappa shape index (κ2) is 4.60. The van der Waals surface area contributed by atoms with E-state index in [1.807, 2.05) is 19.1 Å². The maximum absolute atomic E-state index is 11.2. The first-order chi connectivity index (χ1) is 6.27. The summed E-state index contributed by atoms with van der Waals surface area (Å²) in [4.78, 5) is 15.4. The fourth-order valence-electron chi connectivity index (χ4n) is 0.995. The summed E-state index contributed by atoms with van der Waals surface area (Å²) in [5.74, 6) is -0.349. The molecule has 13 heavy (non-hydrogen) atoms. The first kappa shape index (κ1) is 9.71. The Morgan fingerprint density at radius 1 is 1.46 bits per heavy atom. The third-order valence-corrected chi connectivity index (χ3v) is 1.65. The lowest BCUT2D eigenvalue weighted by molar-refractivity contribution is 0.0519. The number of rotatable bonds is 3. The molecule has 0 saturated heterocycles. The van der Waals surface area contributed by atoms with Gasteiger partial charge in [0, 0.05) is 5.69 Å². The number of ether oxygens (including phenoxy) is 1. The molecule has 0 spiro atoms. The van der Waals surface area contributed by atoms with Gasteiger partial charge >= 0.3 is 5.97 Å². The summed E-state index contributed by atoms with van der Waals surface area (Å²) in [5.41, 5.74) is 1.30. The number of aryl methyl sites for hydroxylation is 1. The van der Waals surface area contributed by atoms with Crippen molar-refractivity contribution in [1.29, 1.82) is 0 Å². The van der Waals surface area contributed by atoms with E-state index in [0.717, 1.165) is 12.1 Å². The first-order valence-electron chi connectivity index (χ1n) is 4.41. The molecule has 70 valence electrons. The molecule has 0 aromatic carbocycles. The van der Waals surface area contributed by atoms with Crippen LogP contribution in [0.15, 0.2) is 18.2 Å². The standard InChI is InChI=1S/C10H13NO2/c1-3-8-6-5-7-9(11-8)10(12)13-4-2/h5-7H,3-4H2,1-2H3. The average Bonchev–Trinajstić information content (AvgIpc) is 2.18. The van der Waals surface area contributed by atoms with Gasteiger partial charge in [-0.15, -0.1) is 0 Å².